The zero-order valence-electron chi connectivity index (χ0n) is 16.3. The average molecular weight is 384 g/mol. The fraction of sp³-hybridized carbons (Fsp3) is 0.409. The number of carbonyl (C=O) groups excluding carboxylic acids is 1. The second kappa shape index (κ2) is 10.1. The molecule has 1 aliphatic heterocycles. The molecule has 0 radical (unpaired) electrons. The molecule has 2 aromatic carbocycles. The molecule has 3 rings (SSSR count). The molecule has 6 heteroatoms. The van der Waals surface area contributed by atoms with Crippen LogP contribution in [0.25, 0.3) is 0 Å². The molecular weight excluding hydrogens is 356 g/mol. The number of amides is 1. The molecule has 1 amide bonds. The van der Waals surface area contributed by atoms with Crippen LogP contribution in [0.1, 0.15) is 12.0 Å². The predicted molar refractivity (Wildman–Crippen MR) is 109 cm³/mol. The van der Waals surface area contributed by atoms with Crippen molar-refractivity contribution in [2.24, 2.45) is 0 Å². The quantitative estimate of drug-likeness (QED) is 0.757. The van der Waals surface area contributed by atoms with Crippen LogP contribution in [0, 0.1) is 0 Å². The zero-order valence-corrected chi connectivity index (χ0v) is 16.3. The van der Waals surface area contributed by atoms with Crippen molar-refractivity contribution in [2.75, 3.05) is 44.9 Å². The fourth-order valence-electron chi connectivity index (χ4n) is 3.37. The number of hydrogen-bond acceptors (Lipinski definition) is 5. The van der Waals surface area contributed by atoms with Gasteiger partial charge < -0.3 is 24.4 Å². The van der Waals surface area contributed by atoms with E-state index in [9.17, 15) is 9.90 Å². The SMILES string of the molecule is COCCN1Cc2ccccc2N(CC(O)COc2ccccc2)CCC1=O. The summed E-state index contributed by atoms with van der Waals surface area (Å²) in [6.45, 7) is 2.82. The van der Waals surface area contributed by atoms with Crippen molar-refractivity contribution in [3.63, 3.8) is 0 Å². The lowest BCUT2D eigenvalue weighted by atomic mass is 10.1. The summed E-state index contributed by atoms with van der Waals surface area (Å²) in [6, 6.07) is 17.5. The highest BCUT2D eigenvalue weighted by atomic mass is 16.5. The van der Waals surface area contributed by atoms with Gasteiger partial charge in [0.05, 0.1) is 6.61 Å². The third-order valence-electron chi connectivity index (χ3n) is 4.82. The van der Waals surface area contributed by atoms with E-state index in [-0.39, 0.29) is 12.5 Å². The molecule has 1 atom stereocenters. The van der Waals surface area contributed by atoms with Crippen LogP contribution in [0.5, 0.6) is 5.75 Å². The summed E-state index contributed by atoms with van der Waals surface area (Å²) >= 11 is 0. The van der Waals surface area contributed by atoms with Crippen LogP contribution in [-0.2, 0) is 16.1 Å². The molecule has 1 N–H and O–H groups in total. The van der Waals surface area contributed by atoms with Gasteiger partial charge >= 0.3 is 0 Å². The molecule has 150 valence electrons. The number of β-amino-alcohol motifs (C(OH)–C–C–N with tert-alkyl or cyclic N) is 1. The van der Waals surface area contributed by atoms with E-state index in [1.165, 1.54) is 0 Å². The van der Waals surface area contributed by atoms with E-state index in [0.29, 0.717) is 39.2 Å². The van der Waals surface area contributed by atoms with Gasteiger partial charge in [-0.1, -0.05) is 36.4 Å². The van der Waals surface area contributed by atoms with E-state index >= 15 is 0 Å². The first-order valence-electron chi connectivity index (χ1n) is 9.63. The number of aliphatic hydroxyl groups excluding tert-OH is 1. The van der Waals surface area contributed by atoms with Crippen LogP contribution in [0.15, 0.2) is 54.6 Å². The number of rotatable bonds is 8. The number of carbonyl (C=O) groups is 1. The van der Waals surface area contributed by atoms with Gasteiger partial charge in [0.1, 0.15) is 18.5 Å². The highest BCUT2D eigenvalue weighted by molar-refractivity contribution is 5.78. The monoisotopic (exact) mass is 384 g/mol. The van der Waals surface area contributed by atoms with Gasteiger partial charge in [-0.05, 0) is 23.8 Å². The number of fused-ring (bicyclic) bond motifs is 1. The Labute approximate surface area is 166 Å². The standard InChI is InChI=1S/C22H28N2O4/c1-27-14-13-24-15-18-7-5-6-10-21(18)23(12-11-22(24)26)16-19(25)17-28-20-8-3-2-4-9-20/h2-10,19,25H,11-17H2,1H3. The molecule has 0 saturated carbocycles. The van der Waals surface area contributed by atoms with Gasteiger partial charge in [-0.3, -0.25) is 4.79 Å². The van der Waals surface area contributed by atoms with Crippen molar-refractivity contribution in [1.29, 1.82) is 0 Å². The molecule has 28 heavy (non-hydrogen) atoms. The van der Waals surface area contributed by atoms with Crippen molar-refractivity contribution in [3.8, 4) is 5.75 Å². The number of hydrogen-bond donors (Lipinski definition) is 1. The number of benzene rings is 2. The van der Waals surface area contributed by atoms with E-state index in [4.69, 9.17) is 9.47 Å². The highest BCUT2D eigenvalue weighted by Gasteiger charge is 2.23. The smallest absolute Gasteiger partial charge is 0.224 e. The molecule has 1 unspecified atom stereocenters. The number of aliphatic hydroxyl groups is 1. The van der Waals surface area contributed by atoms with E-state index in [2.05, 4.69) is 4.90 Å². The first kappa shape index (κ1) is 20.2. The Morgan fingerprint density at radius 3 is 2.61 bits per heavy atom. The predicted octanol–water partition coefficient (Wildman–Crippen LogP) is 2.31. The highest BCUT2D eigenvalue weighted by Crippen LogP contribution is 2.25. The molecule has 0 spiro atoms. The van der Waals surface area contributed by atoms with Gasteiger partial charge in [-0.15, -0.1) is 0 Å². The summed E-state index contributed by atoms with van der Waals surface area (Å²) in [5.41, 5.74) is 2.12. The number of para-hydroxylation sites is 2. The normalized spacial score (nSPS) is 15.6. The van der Waals surface area contributed by atoms with E-state index in [1.807, 2.05) is 59.5 Å². The number of ether oxygens (including phenoxy) is 2. The molecular formula is C22H28N2O4. The van der Waals surface area contributed by atoms with Crippen LogP contribution in [0.2, 0.25) is 0 Å². The number of nitrogens with zero attached hydrogens (tertiary/aromatic N) is 2. The summed E-state index contributed by atoms with van der Waals surface area (Å²) in [6.07, 6.45) is -0.253. The van der Waals surface area contributed by atoms with Crippen molar-refractivity contribution in [2.45, 2.75) is 19.1 Å². The number of anilines is 1. The van der Waals surface area contributed by atoms with E-state index < -0.39 is 6.10 Å². The fourth-order valence-corrected chi connectivity index (χ4v) is 3.37. The first-order chi connectivity index (χ1) is 13.7. The maximum atomic E-state index is 12.6. The van der Waals surface area contributed by atoms with Crippen LogP contribution in [0.4, 0.5) is 5.69 Å². The minimum Gasteiger partial charge on any atom is -0.491 e. The summed E-state index contributed by atoms with van der Waals surface area (Å²) in [4.78, 5) is 16.5. The second-order valence-corrected chi connectivity index (χ2v) is 6.91. The Morgan fingerprint density at radius 2 is 1.82 bits per heavy atom. The van der Waals surface area contributed by atoms with Crippen LogP contribution < -0.4 is 9.64 Å². The van der Waals surface area contributed by atoms with Gasteiger partial charge in [0.15, 0.2) is 0 Å². The maximum Gasteiger partial charge on any atom is 0.224 e. The van der Waals surface area contributed by atoms with E-state index in [1.54, 1.807) is 7.11 Å². The Morgan fingerprint density at radius 1 is 1.07 bits per heavy atom. The Kier molecular flexibility index (Phi) is 7.28. The van der Waals surface area contributed by atoms with Crippen molar-refractivity contribution >= 4 is 11.6 Å². The Bertz CT molecular complexity index is 753. The van der Waals surface area contributed by atoms with Crippen LogP contribution in [0.3, 0.4) is 0 Å². The van der Waals surface area contributed by atoms with Crippen molar-refractivity contribution < 1.29 is 19.4 Å². The summed E-state index contributed by atoms with van der Waals surface area (Å²) in [5, 5.41) is 10.5. The third kappa shape index (κ3) is 5.47. The Balaban J connectivity index is 1.67. The Hall–Kier alpha value is -2.57. The maximum absolute atomic E-state index is 12.6. The molecule has 0 bridgehead atoms. The van der Waals surface area contributed by atoms with Gasteiger partial charge in [-0.25, -0.2) is 0 Å². The van der Waals surface area contributed by atoms with Crippen molar-refractivity contribution in [3.05, 3.63) is 60.2 Å². The summed E-state index contributed by atoms with van der Waals surface area (Å²) in [5.74, 6) is 0.838. The lowest BCUT2D eigenvalue weighted by molar-refractivity contribution is -0.132. The minimum absolute atomic E-state index is 0.103. The topological polar surface area (TPSA) is 62.2 Å². The van der Waals surface area contributed by atoms with Gasteiger partial charge in [0, 0.05) is 45.4 Å². The van der Waals surface area contributed by atoms with Gasteiger partial charge in [-0.2, -0.15) is 0 Å². The first-order valence-corrected chi connectivity index (χ1v) is 9.63. The van der Waals surface area contributed by atoms with Gasteiger partial charge in [0.25, 0.3) is 0 Å². The second-order valence-electron chi connectivity index (χ2n) is 6.91. The largest absolute Gasteiger partial charge is 0.491 e. The number of methoxy groups -OCH3 is 1. The zero-order chi connectivity index (χ0) is 19.8. The van der Waals surface area contributed by atoms with Crippen LogP contribution >= 0.6 is 0 Å². The lowest BCUT2D eigenvalue weighted by Crippen LogP contribution is -2.42. The molecule has 0 fully saturated rings. The van der Waals surface area contributed by atoms with Crippen molar-refractivity contribution in [1.82, 2.24) is 4.90 Å². The summed E-state index contributed by atoms with van der Waals surface area (Å²) < 4.78 is 10.8. The lowest BCUT2D eigenvalue weighted by Gasteiger charge is -2.34. The van der Waals surface area contributed by atoms with E-state index in [0.717, 1.165) is 17.0 Å². The minimum atomic E-state index is -0.660. The molecule has 1 heterocycles. The summed E-state index contributed by atoms with van der Waals surface area (Å²) in [7, 11) is 1.64. The molecule has 2 aromatic rings. The average Bonchev–Trinajstić information content (AvgIpc) is 2.72. The third-order valence-corrected chi connectivity index (χ3v) is 4.82. The van der Waals surface area contributed by atoms with Crippen LogP contribution in [-0.4, -0.2) is 62.0 Å². The molecule has 6 nitrogen and oxygen atoms in total. The molecule has 0 aromatic heterocycles. The van der Waals surface area contributed by atoms with Gasteiger partial charge in [0.2, 0.25) is 5.91 Å². The molecule has 1 aliphatic rings. The molecule has 0 aliphatic carbocycles. The molecule has 0 saturated heterocycles.